The van der Waals surface area contributed by atoms with E-state index in [2.05, 4.69) is 25.4 Å². The van der Waals surface area contributed by atoms with Crippen molar-refractivity contribution in [2.45, 2.75) is 12.6 Å². The Labute approximate surface area is 175 Å². The van der Waals surface area contributed by atoms with Gasteiger partial charge >= 0.3 is 0 Å². The number of hydrogen-bond donors (Lipinski definition) is 4. The number of phenolic OH excluding ortho intramolecular Hbond substituents is 1. The molecule has 0 amide bonds. The second-order valence-electron chi connectivity index (χ2n) is 6.60. The number of anilines is 2. The molecule has 3 aromatic heterocycles. The summed E-state index contributed by atoms with van der Waals surface area (Å²) in [7, 11) is 0. The van der Waals surface area contributed by atoms with E-state index in [0.717, 1.165) is 0 Å². The summed E-state index contributed by atoms with van der Waals surface area (Å²) in [6.45, 7) is 1.48. The highest BCUT2D eigenvalue weighted by Gasteiger charge is 2.30. The van der Waals surface area contributed by atoms with Crippen molar-refractivity contribution in [2.75, 3.05) is 11.1 Å². The fourth-order valence-electron chi connectivity index (χ4n) is 2.99. The molecule has 0 aliphatic heterocycles. The molecule has 10 nitrogen and oxygen atoms in total. The molecule has 0 radical (unpaired) electrons. The normalized spacial score (nSPS) is 13.0. The first-order chi connectivity index (χ1) is 14.3. The molecular weight excluding hydrogens is 408 g/mol. The van der Waals surface area contributed by atoms with Gasteiger partial charge in [-0.05, 0) is 37.3 Å². The lowest BCUT2D eigenvalue weighted by atomic mass is 9.98. The first kappa shape index (κ1) is 19.4. The number of aromatic hydroxyl groups is 1. The van der Waals surface area contributed by atoms with Gasteiger partial charge in [-0.25, -0.2) is 19.5 Å². The van der Waals surface area contributed by atoms with E-state index in [1.807, 2.05) is 6.07 Å². The second kappa shape index (κ2) is 7.14. The number of rotatable bonds is 4. The molecule has 150 valence electrons. The Hall–Kier alpha value is -3.94. The Bertz CT molecular complexity index is 1290. The van der Waals surface area contributed by atoms with Crippen LogP contribution in [0.1, 0.15) is 18.1 Å². The van der Waals surface area contributed by atoms with Crippen LogP contribution in [0.5, 0.6) is 5.75 Å². The molecule has 0 fully saturated rings. The predicted molar refractivity (Wildman–Crippen MR) is 109 cm³/mol. The summed E-state index contributed by atoms with van der Waals surface area (Å²) in [5, 5.41) is 38.0. The van der Waals surface area contributed by atoms with Crippen LogP contribution >= 0.6 is 11.6 Å². The summed E-state index contributed by atoms with van der Waals surface area (Å²) in [4.78, 5) is 12.0. The molecule has 0 saturated heterocycles. The largest absolute Gasteiger partial charge is 0.508 e. The van der Waals surface area contributed by atoms with Crippen LogP contribution in [0.15, 0.2) is 42.9 Å². The lowest BCUT2D eigenvalue weighted by molar-refractivity contribution is 0.0885. The number of fused-ring (bicyclic) bond motifs is 1. The molecule has 0 saturated carbocycles. The molecule has 0 aliphatic rings. The van der Waals surface area contributed by atoms with Gasteiger partial charge in [0.1, 0.15) is 29.5 Å². The van der Waals surface area contributed by atoms with Crippen molar-refractivity contribution in [3.8, 4) is 23.1 Å². The zero-order chi connectivity index (χ0) is 21.5. The van der Waals surface area contributed by atoms with E-state index < -0.39 is 5.72 Å². The van der Waals surface area contributed by atoms with E-state index in [9.17, 15) is 15.5 Å². The molecule has 4 rings (SSSR count). The minimum atomic E-state index is -1.74. The first-order valence-electron chi connectivity index (χ1n) is 8.65. The van der Waals surface area contributed by atoms with Crippen molar-refractivity contribution < 1.29 is 10.2 Å². The third kappa shape index (κ3) is 3.32. The number of nitriles is 1. The number of halogens is 1. The van der Waals surface area contributed by atoms with E-state index in [1.165, 1.54) is 36.1 Å². The Morgan fingerprint density at radius 3 is 2.67 bits per heavy atom. The maximum atomic E-state index is 11.3. The van der Waals surface area contributed by atoms with E-state index >= 15 is 0 Å². The average Bonchev–Trinajstić information content (AvgIpc) is 3.08. The number of aliphatic hydroxyl groups is 1. The quantitative estimate of drug-likeness (QED) is 0.362. The van der Waals surface area contributed by atoms with Crippen molar-refractivity contribution >= 4 is 28.9 Å². The summed E-state index contributed by atoms with van der Waals surface area (Å²) < 4.78 is 1.42. The van der Waals surface area contributed by atoms with Gasteiger partial charge in [-0.15, -0.1) is 0 Å². The number of imidazole rings is 1. The van der Waals surface area contributed by atoms with Gasteiger partial charge in [0.15, 0.2) is 22.3 Å². The molecule has 0 unspecified atom stereocenters. The van der Waals surface area contributed by atoms with Crippen LogP contribution in [0, 0.1) is 11.3 Å². The van der Waals surface area contributed by atoms with Crippen molar-refractivity contribution in [1.29, 1.82) is 5.26 Å². The molecule has 4 aromatic rings. The topological polar surface area (TPSA) is 158 Å². The monoisotopic (exact) mass is 422 g/mol. The molecule has 3 heterocycles. The van der Waals surface area contributed by atoms with Gasteiger partial charge in [-0.1, -0.05) is 11.6 Å². The minimum Gasteiger partial charge on any atom is -0.508 e. The number of benzene rings is 1. The Morgan fingerprint density at radius 2 is 1.97 bits per heavy atom. The SMILES string of the molecule is C[C@@](O)(Nc1ncnc(N)c1C#N)c1cc2ncc(Cl)n2nc1-c1ccc(O)cc1. The summed E-state index contributed by atoms with van der Waals surface area (Å²) >= 11 is 6.16. The van der Waals surface area contributed by atoms with Crippen LogP contribution in [0.25, 0.3) is 16.9 Å². The highest BCUT2D eigenvalue weighted by atomic mass is 35.5. The van der Waals surface area contributed by atoms with Crippen LogP contribution in [0.4, 0.5) is 11.6 Å². The molecular formula is C19H15ClN8O2. The molecule has 5 N–H and O–H groups in total. The van der Waals surface area contributed by atoms with Crippen molar-refractivity contribution in [3.05, 3.63) is 59.1 Å². The Kier molecular flexibility index (Phi) is 4.62. The number of aromatic nitrogens is 5. The van der Waals surface area contributed by atoms with E-state index in [0.29, 0.717) is 27.6 Å². The fourth-order valence-corrected chi connectivity index (χ4v) is 3.17. The third-order valence-corrected chi connectivity index (χ3v) is 4.72. The number of nitrogen functional groups attached to an aromatic ring is 1. The first-order valence-corrected chi connectivity index (χ1v) is 9.03. The number of nitrogens with one attached hydrogen (secondary N) is 1. The minimum absolute atomic E-state index is 0.00171. The zero-order valence-electron chi connectivity index (χ0n) is 15.6. The van der Waals surface area contributed by atoms with Gasteiger partial charge in [0.2, 0.25) is 0 Å². The lowest BCUT2D eigenvalue weighted by Crippen LogP contribution is -2.33. The van der Waals surface area contributed by atoms with Crippen molar-refractivity contribution in [3.63, 3.8) is 0 Å². The lowest BCUT2D eigenvalue weighted by Gasteiger charge is -2.28. The summed E-state index contributed by atoms with van der Waals surface area (Å²) in [5.74, 6) is 0.133. The molecule has 30 heavy (non-hydrogen) atoms. The van der Waals surface area contributed by atoms with Crippen molar-refractivity contribution in [1.82, 2.24) is 24.6 Å². The van der Waals surface area contributed by atoms with E-state index in [4.69, 9.17) is 17.3 Å². The van der Waals surface area contributed by atoms with Gasteiger partial charge in [0, 0.05) is 11.1 Å². The summed E-state index contributed by atoms with van der Waals surface area (Å²) in [6, 6.07) is 9.84. The fraction of sp³-hybridized carbons (Fsp3) is 0.105. The van der Waals surface area contributed by atoms with Crippen LogP contribution in [0.2, 0.25) is 5.15 Å². The maximum absolute atomic E-state index is 11.3. The number of phenols is 1. The maximum Gasteiger partial charge on any atom is 0.162 e. The van der Waals surface area contributed by atoms with Gasteiger partial charge in [-0.2, -0.15) is 10.4 Å². The van der Waals surface area contributed by atoms with Crippen LogP contribution in [-0.2, 0) is 5.72 Å². The van der Waals surface area contributed by atoms with E-state index in [1.54, 1.807) is 18.2 Å². The molecule has 11 heteroatoms. The molecule has 0 aliphatic carbocycles. The Morgan fingerprint density at radius 1 is 1.23 bits per heavy atom. The highest BCUT2D eigenvalue weighted by Crippen LogP contribution is 2.34. The van der Waals surface area contributed by atoms with Gasteiger partial charge in [0.25, 0.3) is 0 Å². The zero-order valence-corrected chi connectivity index (χ0v) is 16.3. The smallest absolute Gasteiger partial charge is 0.162 e. The van der Waals surface area contributed by atoms with E-state index in [-0.39, 0.29) is 22.9 Å². The van der Waals surface area contributed by atoms with Crippen molar-refractivity contribution in [2.24, 2.45) is 0 Å². The second-order valence-corrected chi connectivity index (χ2v) is 6.98. The number of nitrogens with zero attached hydrogens (tertiary/aromatic N) is 6. The van der Waals surface area contributed by atoms with Gasteiger partial charge in [-0.3, -0.25) is 0 Å². The average molecular weight is 423 g/mol. The highest BCUT2D eigenvalue weighted by molar-refractivity contribution is 6.29. The molecule has 0 spiro atoms. The number of hydrogen-bond acceptors (Lipinski definition) is 9. The number of nitrogens with two attached hydrogens (primary N) is 1. The van der Waals surface area contributed by atoms with Gasteiger partial charge < -0.3 is 21.3 Å². The molecule has 1 aromatic carbocycles. The summed E-state index contributed by atoms with van der Waals surface area (Å²) in [6.07, 6.45) is 2.63. The van der Waals surface area contributed by atoms with Gasteiger partial charge in [0.05, 0.1) is 11.9 Å². The molecule has 0 bridgehead atoms. The summed E-state index contributed by atoms with van der Waals surface area (Å²) in [5.41, 5.74) is 5.73. The van der Waals surface area contributed by atoms with Crippen LogP contribution < -0.4 is 11.1 Å². The molecule has 1 atom stereocenters. The van der Waals surface area contributed by atoms with Crippen LogP contribution in [-0.4, -0.2) is 34.8 Å². The third-order valence-electron chi connectivity index (χ3n) is 4.47. The predicted octanol–water partition coefficient (Wildman–Crippen LogP) is 2.28. The standard InChI is InChI=1S/C19H15ClN8O2/c1-19(30,26-18-12(7-21)17(22)24-9-25-18)13-6-15-23-8-14(20)28(15)27-16(13)10-2-4-11(29)5-3-10/h2-6,8-9,29-30H,1H3,(H3,22,24,25,26)/t19-/m0/s1. The van der Waals surface area contributed by atoms with Crippen LogP contribution in [0.3, 0.4) is 0 Å². The Balaban J connectivity index is 1.90.